The van der Waals surface area contributed by atoms with Crippen LogP contribution in [0.15, 0.2) is 120 Å². The van der Waals surface area contributed by atoms with Crippen LogP contribution in [0.3, 0.4) is 0 Å². The number of aliphatic imine (C=N–C) groups is 1. The van der Waals surface area contributed by atoms with Crippen molar-refractivity contribution >= 4 is 27.7 Å². The maximum Gasteiger partial charge on any atom is 0.217 e. The van der Waals surface area contributed by atoms with E-state index in [9.17, 15) is 0 Å². The lowest BCUT2D eigenvalue weighted by Gasteiger charge is -2.21. The average molecular weight is 754 g/mol. The summed E-state index contributed by atoms with van der Waals surface area (Å²) in [6.45, 7) is 24.5. The fourth-order valence-corrected chi connectivity index (χ4v) is 8.45. The zero-order valence-electron chi connectivity index (χ0n) is 35.4. The maximum absolute atomic E-state index is 6.94. The summed E-state index contributed by atoms with van der Waals surface area (Å²) in [7, 11) is 0. The smallest absolute Gasteiger partial charge is 0.217 e. The van der Waals surface area contributed by atoms with Gasteiger partial charge in [-0.3, -0.25) is 4.57 Å². The summed E-state index contributed by atoms with van der Waals surface area (Å²) in [4.78, 5) is 10.2. The van der Waals surface area contributed by atoms with Crippen LogP contribution < -0.4 is 4.74 Å². The Morgan fingerprint density at radius 3 is 2.02 bits per heavy atom. The molecule has 2 aromatic heterocycles. The number of aromatic nitrogens is 2. The van der Waals surface area contributed by atoms with Crippen molar-refractivity contribution in [1.29, 1.82) is 0 Å². The second-order valence-corrected chi connectivity index (χ2v) is 18.4. The van der Waals surface area contributed by atoms with Gasteiger partial charge in [-0.2, -0.15) is 0 Å². The van der Waals surface area contributed by atoms with Crippen molar-refractivity contribution in [2.75, 3.05) is 0 Å². The van der Waals surface area contributed by atoms with Gasteiger partial charge in [0.15, 0.2) is 0 Å². The van der Waals surface area contributed by atoms with E-state index in [-0.39, 0.29) is 23.0 Å². The first kappa shape index (κ1) is 38.2. The van der Waals surface area contributed by atoms with Gasteiger partial charge in [-0.05, 0) is 131 Å². The van der Waals surface area contributed by atoms with Gasteiger partial charge in [0.25, 0.3) is 0 Å². The first-order valence-electron chi connectivity index (χ1n) is 20.3. The van der Waals surface area contributed by atoms with Crippen molar-refractivity contribution in [3.05, 3.63) is 154 Å². The van der Waals surface area contributed by atoms with Crippen molar-refractivity contribution < 1.29 is 9.47 Å². The summed E-state index contributed by atoms with van der Waals surface area (Å²) in [5, 5.41) is 2.36. The number of hydrogen-bond donors (Lipinski definition) is 0. The SMILES string of the molecule is Cc1cc(C)c(-c2cc(Oc3ccc4c5cc(C(C)(C)C)ccc5n(-c5cc(C(C)(C)C)ccn5)c4c3)cc(C3=N[C@H](C(C)C)[C@H](c4ccccc4)O3)c2)c(C)c1. The van der Waals surface area contributed by atoms with Gasteiger partial charge in [0.05, 0.1) is 17.1 Å². The average Bonchev–Trinajstić information content (AvgIpc) is 3.74. The minimum absolute atomic E-state index is 0.00760. The molecule has 1 aliphatic rings. The van der Waals surface area contributed by atoms with Gasteiger partial charge in [-0.25, -0.2) is 9.98 Å². The van der Waals surface area contributed by atoms with Gasteiger partial charge in [0, 0.05) is 28.6 Å². The van der Waals surface area contributed by atoms with E-state index in [0.717, 1.165) is 50.4 Å². The van der Waals surface area contributed by atoms with Crippen molar-refractivity contribution in [3.63, 3.8) is 0 Å². The molecule has 5 heteroatoms. The van der Waals surface area contributed by atoms with E-state index in [2.05, 4.69) is 184 Å². The Morgan fingerprint density at radius 1 is 0.649 bits per heavy atom. The lowest BCUT2D eigenvalue weighted by molar-refractivity contribution is 0.175. The number of benzene rings is 5. The van der Waals surface area contributed by atoms with E-state index >= 15 is 0 Å². The largest absolute Gasteiger partial charge is 0.467 e. The Kier molecular flexibility index (Phi) is 9.63. The second kappa shape index (κ2) is 14.4. The molecule has 8 rings (SSSR count). The molecule has 0 aliphatic carbocycles. The van der Waals surface area contributed by atoms with E-state index in [0.29, 0.717) is 11.8 Å². The summed E-state index contributed by atoms with van der Waals surface area (Å²) in [6.07, 6.45) is 1.77. The molecular formula is C52H55N3O2. The fraction of sp³-hybridized carbons (Fsp3) is 0.308. The van der Waals surface area contributed by atoms with Crippen LogP contribution in [0.5, 0.6) is 11.5 Å². The topological polar surface area (TPSA) is 48.6 Å². The Labute approximate surface area is 338 Å². The van der Waals surface area contributed by atoms with E-state index in [1.165, 1.54) is 38.8 Å². The quantitative estimate of drug-likeness (QED) is 0.163. The third-order valence-corrected chi connectivity index (χ3v) is 11.4. The van der Waals surface area contributed by atoms with Crippen LogP contribution >= 0.6 is 0 Å². The lowest BCUT2D eigenvalue weighted by atomic mass is 9.86. The molecule has 1 aliphatic heterocycles. The van der Waals surface area contributed by atoms with Crippen LogP contribution in [-0.4, -0.2) is 21.5 Å². The summed E-state index contributed by atoms with van der Waals surface area (Å²) >= 11 is 0. The van der Waals surface area contributed by atoms with Crippen molar-refractivity contribution in [1.82, 2.24) is 9.55 Å². The monoisotopic (exact) mass is 753 g/mol. The van der Waals surface area contributed by atoms with Crippen LogP contribution in [-0.2, 0) is 15.6 Å². The van der Waals surface area contributed by atoms with Crippen LogP contribution in [0.2, 0.25) is 0 Å². The molecule has 5 aromatic carbocycles. The molecule has 290 valence electrons. The van der Waals surface area contributed by atoms with Gasteiger partial charge in [0.1, 0.15) is 23.4 Å². The Morgan fingerprint density at radius 2 is 1.33 bits per heavy atom. The number of fused-ring (bicyclic) bond motifs is 3. The standard InChI is InChI=1S/C52H55N3O2/c1-31(2)48-49(35-15-13-12-14-16-35)57-50(54-48)37-25-36(47-33(4)23-32(3)24-34(47)5)26-41(27-37)56-40-18-19-42-43-28-38(51(6,7)8)17-20-44(43)55(45(42)30-40)46-29-39(21-22-53-46)52(9,10)11/h12-31,48-49H,1-11H3/t48-,49+/m1/s1. The number of rotatable bonds is 7. The molecule has 57 heavy (non-hydrogen) atoms. The molecule has 0 unspecified atom stereocenters. The van der Waals surface area contributed by atoms with Gasteiger partial charge >= 0.3 is 0 Å². The normalized spacial score (nSPS) is 16.0. The number of pyridine rings is 1. The van der Waals surface area contributed by atoms with E-state index in [4.69, 9.17) is 19.5 Å². The van der Waals surface area contributed by atoms with Gasteiger partial charge in [-0.15, -0.1) is 0 Å². The van der Waals surface area contributed by atoms with Gasteiger partial charge in [0.2, 0.25) is 5.90 Å². The van der Waals surface area contributed by atoms with Gasteiger partial charge < -0.3 is 9.47 Å². The Bertz CT molecular complexity index is 2650. The first-order chi connectivity index (χ1) is 27.0. The van der Waals surface area contributed by atoms with E-state index in [1.54, 1.807) is 0 Å². The summed E-state index contributed by atoms with van der Waals surface area (Å²) in [6, 6.07) is 39.0. The molecule has 0 bridgehead atoms. The lowest BCUT2D eigenvalue weighted by Crippen LogP contribution is -2.19. The first-order valence-corrected chi connectivity index (χ1v) is 20.3. The van der Waals surface area contributed by atoms with Crippen molar-refractivity contribution in [2.45, 2.75) is 99.1 Å². The predicted octanol–water partition coefficient (Wildman–Crippen LogP) is 13.7. The highest BCUT2D eigenvalue weighted by molar-refractivity contribution is 6.10. The molecule has 2 atom stereocenters. The van der Waals surface area contributed by atoms with Gasteiger partial charge in [-0.1, -0.05) is 109 Å². The highest BCUT2D eigenvalue weighted by Crippen LogP contribution is 2.41. The van der Waals surface area contributed by atoms with E-state index in [1.807, 2.05) is 12.3 Å². The molecule has 7 aromatic rings. The molecule has 5 nitrogen and oxygen atoms in total. The molecule has 0 saturated heterocycles. The predicted molar refractivity (Wildman–Crippen MR) is 238 cm³/mol. The molecule has 0 spiro atoms. The molecule has 3 heterocycles. The summed E-state index contributed by atoms with van der Waals surface area (Å²) in [5.41, 5.74) is 12.7. The highest BCUT2D eigenvalue weighted by atomic mass is 16.5. The minimum atomic E-state index is -0.161. The zero-order valence-corrected chi connectivity index (χ0v) is 35.4. The number of aryl methyl sites for hydroxylation is 3. The fourth-order valence-electron chi connectivity index (χ4n) is 8.45. The number of ether oxygens (including phenoxy) is 2. The van der Waals surface area contributed by atoms with Crippen molar-refractivity contribution in [2.24, 2.45) is 10.9 Å². The molecule has 0 N–H and O–H groups in total. The van der Waals surface area contributed by atoms with Crippen LogP contribution in [0.4, 0.5) is 0 Å². The summed E-state index contributed by atoms with van der Waals surface area (Å²) in [5.74, 6) is 3.30. The van der Waals surface area contributed by atoms with Crippen molar-refractivity contribution in [3.8, 4) is 28.4 Å². The molecule has 0 fully saturated rings. The van der Waals surface area contributed by atoms with E-state index < -0.39 is 0 Å². The number of nitrogens with zero attached hydrogens (tertiary/aromatic N) is 3. The van der Waals surface area contributed by atoms with Crippen LogP contribution in [0, 0.1) is 26.7 Å². The third-order valence-electron chi connectivity index (χ3n) is 11.4. The second-order valence-electron chi connectivity index (χ2n) is 18.4. The Hall–Kier alpha value is -5.68. The molecular weight excluding hydrogens is 699 g/mol. The third kappa shape index (κ3) is 7.36. The molecule has 0 radical (unpaired) electrons. The summed E-state index contributed by atoms with van der Waals surface area (Å²) < 4.78 is 16.0. The zero-order chi connectivity index (χ0) is 40.4. The molecule has 0 amide bonds. The number of hydrogen-bond acceptors (Lipinski definition) is 4. The Balaban J connectivity index is 1.28. The maximum atomic E-state index is 6.94. The van der Waals surface area contributed by atoms with Crippen LogP contribution in [0.1, 0.15) is 100 Å². The minimum Gasteiger partial charge on any atom is -0.467 e. The van der Waals surface area contributed by atoms with Crippen LogP contribution in [0.25, 0.3) is 38.8 Å². The highest BCUT2D eigenvalue weighted by Gasteiger charge is 2.35. The molecule has 0 saturated carbocycles.